The molecule has 0 atom stereocenters. The number of ether oxygens (including phenoxy) is 2. The maximum absolute atomic E-state index is 12.6. The summed E-state index contributed by atoms with van der Waals surface area (Å²) in [7, 11) is 1.59. The van der Waals surface area contributed by atoms with Crippen molar-refractivity contribution < 1.29 is 18.7 Å². The molecule has 0 saturated carbocycles. The zero-order valence-electron chi connectivity index (χ0n) is 10.8. The fourth-order valence-electron chi connectivity index (χ4n) is 2.13. The van der Waals surface area contributed by atoms with Gasteiger partial charge in [-0.2, -0.15) is 0 Å². The van der Waals surface area contributed by atoms with Crippen molar-refractivity contribution in [1.29, 1.82) is 0 Å². The van der Waals surface area contributed by atoms with E-state index in [9.17, 15) is 4.79 Å². The number of halogens is 1. The molecule has 0 aliphatic carbocycles. The Kier molecular flexibility index (Phi) is 3.40. The van der Waals surface area contributed by atoms with Gasteiger partial charge in [-0.25, -0.2) is 0 Å². The Morgan fingerprint density at radius 3 is 2.95 bits per heavy atom. The first-order chi connectivity index (χ1) is 9.70. The highest BCUT2D eigenvalue weighted by atomic mass is 79.9. The zero-order chi connectivity index (χ0) is 14.1. The highest BCUT2D eigenvalue weighted by molar-refractivity contribution is 9.10. The lowest BCUT2D eigenvalue weighted by atomic mass is 10.2. The van der Waals surface area contributed by atoms with E-state index in [1.54, 1.807) is 36.3 Å². The van der Waals surface area contributed by atoms with Gasteiger partial charge in [0, 0.05) is 6.07 Å². The molecule has 0 unspecified atom stereocenters. The lowest BCUT2D eigenvalue weighted by Crippen LogP contribution is -2.37. The molecule has 2 aromatic rings. The monoisotopic (exact) mass is 337 g/mol. The number of carbonyl (C=O) groups excluding carboxylic acids is 1. The summed E-state index contributed by atoms with van der Waals surface area (Å²) in [6.07, 6.45) is 1.48. The first-order valence-corrected chi connectivity index (χ1v) is 6.85. The van der Waals surface area contributed by atoms with E-state index in [0.29, 0.717) is 40.6 Å². The molecule has 1 aromatic carbocycles. The molecule has 3 rings (SSSR count). The minimum Gasteiger partial charge on any atom is -0.497 e. The van der Waals surface area contributed by atoms with Crippen molar-refractivity contribution in [3.8, 4) is 11.5 Å². The SMILES string of the molecule is COc1ccc2c(c1)N(C(=O)c1ccoc1Br)CCO2. The highest BCUT2D eigenvalue weighted by Gasteiger charge is 2.27. The fourth-order valence-corrected chi connectivity index (χ4v) is 2.54. The number of furan rings is 1. The lowest BCUT2D eigenvalue weighted by Gasteiger charge is -2.29. The van der Waals surface area contributed by atoms with Crippen LogP contribution in [0.5, 0.6) is 11.5 Å². The van der Waals surface area contributed by atoms with E-state index in [2.05, 4.69) is 15.9 Å². The molecule has 104 valence electrons. The standard InChI is InChI=1S/C14H12BrNO4/c1-18-9-2-3-12-11(8-9)16(5-7-19-12)14(17)10-4-6-20-13(10)15/h2-4,6,8H,5,7H2,1H3. The van der Waals surface area contributed by atoms with Gasteiger partial charge in [-0.1, -0.05) is 0 Å². The van der Waals surface area contributed by atoms with Crippen molar-refractivity contribution in [2.45, 2.75) is 0 Å². The molecule has 0 bridgehead atoms. The minimum atomic E-state index is -0.136. The second-order valence-corrected chi connectivity index (χ2v) is 4.97. The van der Waals surface area contributed by atoms with Gasteiger partial charge in [0.25, 0.3) is 5.91 Å². The largest absolute Gasteiger partial charge is 0.497 e. The number of amides is 1. The molecule has 1 amide bonds. The van der Waals surface area contributed by atoms with Crippen LogP contribution < -0.4 is 14.4 Å². The Morgan fingerprint density at radius 1 is 1.40 bits per heavy atom. The zero-order valence-corrected chi connectivity index (χ0v) is 12.3. The summed E-state index contributed by atoms with van der Waals surface area (Å²) < 4.78 is 16.3. The molecular formula is C14H12BrNO4. The third-order valence-corrected chi connectivity index (χ3v) is 3.74. The van der Waals surface area contributed by atoms with Crippen LogP contribution >= 0.6 is 15.9 Å². The molecule has 0 spiro atoms. The highest BCUT2D eigenvalue weighted by Crippen LogP contribution is 2.36. The van der Waals surface area contributed by atoms with E-state index >= 15 is 0 Å². The number of hydrogen-bond acceptors (Lipinski definition) is 4. The number of anilines is 1. The van der Waals surface area contributed by atoms with Crippen molar-refractivity contribution in [2.75, 3.05) is 25.2 Å². The summed E-state index contributed by atoms with van der Waals surface area (Å²) in [5, 5.41) is 0. The number of hydrogen-bond donors (Lipinski definition) is 0. The van der Waals surface area contributed by atoms with Gasteiger partial charge in [0.05, 0.1) is 31.2 Å². The number of methoxy groups -OCH3 is 1. The summed E-state index contributed by atoms with van der Waals surface area (Å²) in [6.45, 7) is 0.942. The molecule has 1 aliphatic heterocycles. The van der Waals surface area contributed by atoms with Gasteiger partial charge in [-0.05, 0) is 34.1 Å². The first-order valence-electron chi connectivity index (χ1n) is 6.06. The van der Waals surface area contributed by atoms with Gasteiger partial charge in [-0.3, -0.25) is 4.79 Å². The van der Waals surface area contributed by atoms with Crippen LogP contribution in [0.1, 0.15) is 10.4 Å². The summed E-state index contributed by atoms with van der Waals surface area (Å²) in [5.74, 6) is 1.21. The molecule has 20 heavy (non-hydrogen) atoms. The normalized spacial score (nSPS) is 13.6. The average molecular weight is 338 g/mol. The van der Waals surface area contributed by atoms with Gasteiger partial charge in [0.15, 0.2) is 4.67 Å². The predicted octanol–water partition coefficient (Wildman–Crippen LogP) is 3.09. The summed E-state index contributed by atoms with van der Waals surface area (Å²) in [4.78, 5) is 14.2. The van der Waals surface area contributed by atoms with Crippen LogP contribution in [0, 0.1) is 0 Å². The number of benzene rings is 1. The molecule has 0 N–H and O–H groups in total. The van der Waals surface area contributed by atoms with E-state index in [0.717, 1.165) is 0 Å². The van der Waals surface area contributed by atoms with Crippen LogP contribution in [-0.2, 0) is 0 Å². The quantitative estimate of drug-likeness (QED) is 0.844. The summed E-state index contributed by atoms with van der Waals surface area (Å²) in [5.41, 5.74) is 1.19. The molecule has 2 heterocycles. The van der Waals surface area contributed by atoms with Gasteiger partial charge >= 0.3 is 0 Å². The molecule has 5 nitrogen and oxygen atoms in total. The van der Waals surface area contributed by atoms with Gasteiger partial charge < -0.3 is 18.8 Å². The van der Waals surface area contributed by atoms with Gasteiger partial charge in [0.2, 0.25) is 0 Å². The topological polar surface area (TPSA) is 51.9 Å². The Labute approximate surface area is 124 Å². The van der Waals surface area contributed by atoms with Crippen LogP contribution in [0.25, 0.3) is 0 Å². The third-order valence-electron chi connectivity index (χ3n) is 3.12. The second kappa shape index (κ2) is 5.20. The van der Waals surface area contributed by atoms with Crippen molar-refractivity contribution in [3.63, 3.8) is 0 Å². The smallest absolute Gasteiger partial charge is 0.262 e. The molecule has 0 saturated heterocycles. The molecule has 1 aliphatic rings. The van der Waals surface area contributed by atoms with E-state index in [-0.39, 0.29) is 5.91 Å². The van der Waals surface area contributed by atoms with Crippen molar-refractivity contribution in [3.05, 3.63) is 40.8 Å². The molecule has 6 heteroatoms. The molecule has 1 aromatic heterocycles. The molecule has 0 fully saturated rings. The third kappa shape index (κ3) is 2.16. The van der Waals surface area contributed by atoms with Crippen molar-refractivity contribution in [1.82, 2.24) is 0 Å². The number of nitrogens with zero attached hydrogens (tertiary/aromatic N) is 1. The number of rotatable bonds is 2. The van der Waals surface area contributed by atoms with Crippen molar-refractivity contribution >= 4 is 27.5 Å². The van der Waals surface area contributed by atoms with Gasteiger partial charge in [0.1, 0.15) is 18.1 Å². The molecule has 0 radical (unpaired) electrons. The Balaban J connectivity index is 2.01. The Morgan fingerprint density at radius 2 is 2.25 bits per heavy atom. The lowest BCUT2D eigenvalue weighted by molar-refractivity contribution is 0.0975. The minimum absolute atomic E-state index is 0.136. The summed E-state index contributed by atoms with van der Waals surface area (Å²) >= 11 is 3.23. The maximum atomic E-state index is 12.6. The fraction of sp³-hybridized carbons (Fsp3) is 0.214. The van der Waals surface area contributed by atoms with Crippen LogP contribution in [0.2, 0.25) is 0 Å². The van der Waals surface area contributed by atoms with Crippen LogP contribution in [0.4, 0.5) is 5.69 Å². The predicted molar refractivity (Wildman–Crippen MR) is 76.6 cm³/mol. The second-order valence-electron chi connectivity index (χ2n) is 4.25. The van der Waals surface area contributed by atoms with E-state index in [1.807, 2.05) is 0 Å². The molecular weight excluding hydrogens is 326 g/mol. The van der Waals surface area contributed by atoms with E-state index in [1.165, 1.54) is 6.26 Å². The van der Waals surface area contributed by atoms with Crippen LogP contribution in [0.15, 0.2) is 39.6 Å². The maximum Gasteiger partial charge on any atom is 0.262 e. The van der Waals surface area contributed by atoms with Crippen LogP contribution in [-0.4, -0.2) is 26.2 Å². The Hall–Kier alpha value is -1.95. The van der Waals surface area contributed by atoms with Gasteiger partial charge in [-0.15, -0.1) is 0 Å². The number of fused-ring (bicyclic) bond motifs is 1. The number of carbonyl (C=O) groups is 1. The average Bonchev–Trinajstić information content (AvgIpc) is 2.91. The van der Waals surface area contributed by atoms with Crippen LogP contribution in [0.3, 0.4) is 0 Å². The van der Waals surface area contributed by atoms with Crippen molar-refractivity contribution in [2.24, 2.45) is 0 Å². The van der Waals surface area contributed by atoms with E-state index < -0.39 is 0 Å². The summed E-state index contributed by atoms with van der Waals surface area (Å²) in [6, 6.07) is 7.04. The van der Waals surface area contributed by atoms with E-state index in [4.69, 9.17) is 13.9 Å². The first kappa shape index (κ1) is 13.1. The Bertz CT molecular complexity index is 652.